The van der Waals surface area contributed by atoms with E-state index in [1.807, 2.05) is 44.2 Å². The van der Waals surface area contributed by atoms with Crippen LogP contribution < -0.4 is 32.3 Å². The number of aromatic nitrogens is 3. The summed E-state index contributed by atoms with van der Waals surface area (Å²) in [5.41, 5.74) is 8.38. The third-order valence-corrected chi connectivity index (χ3v) is 7.67. The number of ether oxygens (including phenoxy) is 3. The van der Waals surface area contributed by atoms with Crippen molar-refractivity contribution in [2.75, 3.05) is 88.3 Å². The number of carbonyl (C=O) groups is 2. The number of amides is 2. The zero-order valence-corrected chi connectivity index (χ0v) is 32.0. The van der Waals surface area contributed by atoms with Crippen LogP contribution in [0.25, 0.3) is 0 Å². The lowest BCUT2D eigenvalue weighted by atomic mass is 10.1. The number of benzene rings is 3. The van der Waals surface area contributed by atoms with Gasteiger partial charge in [0.25, 0.3) is 11.8 Å². The number of phenolic OH excluding ortho intramolecular Hbond substituents is 1. The zero-order chi connectivity index (χ0) is 39.4. The van der Waals surface area contributed by atoms with Gasteiger partial charge in [-0.3, -0.25) is 9.59 Å². The van der Waals surface area contributed by atoms with Gasteiger partial charge >= 0.3 is 0 Å². The van der Waals surface area contributed by atoms with E-state index >= 15 is 0 Å². The molecule has 0 spiro atoms. The number of hydrogen-bond donors (Lipinski definition) is 7. The standard InChI is InChI=1S/C38H51N9O6.C2H6/c39-18-5-2-6-23-51-24-20-41-35(50)31-11-13-32(14-12-31)44-38-46-36(42-19-17-29-9-15-33(48)16-10-29)45-37(47-38)43-22-26-53-28-27-52-25-21-40-34(49)30-7-3-1-4-8-30;1-2/h1,3-4,7-16,48H,2,5-6,17-28,39H2,(H,40,49)(H,41,50)(H3,42,43,44,45,46,47);1-2H3. The predicted molar refractivity (Wildman–Crippen MR) is 216 cm³/mol. The molecular formula is C40H57N9O6. The molecule has 15 heteroatoms. The summed E-state index contributed by atoms with van der Waals surface area (Å²) >= 11 is 0. The van der Waals surface area contributed by atoms with Crippen molar-refractivity contribution in [1.82, 2.24) is 25.6 Å². The first-order valence-corrected chi connectivity index (χ1v) is 18.9. The van der Waals surface area contributed by atoms with E-state index < -0.39 is 0 Å². The minimum atomic E-state index is -0.184. The summed E-state index contributed by atoms with van der Waals surface area (Å²) in [7, 11) is 0. The molecule has 4 aromatic rings. The van der Waals surface area contributed by atoms with E-state index in [0.717, 1.165) is 24.8 Å². The fourth-order valence-electron chi connectivity index (χ4n) is 4.86. The summed E-state index contributed by atoms with van der Waals surface area (Å²) in [6, 6.07) is 23.1. The minimum Gasteiger partial charge on any atom is -0.508 e. The lowest BCUT2D eigenvalue weighted by molar-refractivity contribution is 0.0519. The van der Waals surface area contributed by atoms with Gasteiger partial charge in [-0.1, -0.05) is 44.2 Å². The van der Waals surface area contributed by atoms with Crippen LogP contribution in [0.1, 0.15) is 59.4 Å². The second-order valence-corrected chi connectivity index (χ2v) is 11.8. The van der Waals surface area contributed by atoms with Crippen molar-refractivity contribution >= 4 is 35.3 Å². The second-order valence-electron chi connectivity index (χ2n) is 11.8. The number of anilines is 4. The molecule has 0 fully saturated rings. The van der Waals surface area contributed by atoms with Crippen molar-refractivity contribution in [1.29, 1.82) is 0 Å². The quantitative estimate of drug-likeness (QED) is 0.0432. The average molecular weight is 760 g/mol. The topological polar surface area (TPSA) is 207 Å². The minimum absolute atomic E-state index is 0.135. The van der Waals surface area contributed by atoms with Gasteiger partial charge in [-0.25, -0.2) is 0 Å². The van der Waals surface area contributed by atoms with Gasteiger partial charge in [-0.05, 0) is 86.3 Å². The van der Waals surface area contributed by atoms with Crippen molar-refractivity contribution in [2.45, 2.75) is 39.5 Å². The molecule has 3 aromatic carbocycles. The highest BCUT2D eigenvalue weighted by Gasteiger charge is 2.10. The van der Waals surface area contributed by atoms with E-state index in [4.69, 9.17) is 19.9 Å². The van der Waals surface area contributed by atoms with Crippen LogP contribution in [0.4, 0.5) is 23.5 Å². The van der Waals surface area contributed by atoms with E-state index in [1.165, 1.54) is 0 Å². The Morgan fingerprint density at radius 3 is 1.76 bits per heavy atom. The maximum atomic E-state index is 12.6. The highest BCUT2D eigenvalue weighted by atomic mass is 16.5. The third-order valence-electron chi connectivity index (χ3n) is 7.67. The second kappa shape index (κ2) is 27.3. The van der Waals surface area contributed by atoms with Crippen molar-refractivity contribution < 1.29 is 28.9 Å². The van der Waals surface area contributed by atoms with Crippen LogP contribution in [0.5, 0.6) is 5.75 Å². The van der Waals surface area contributed by atoms with Crippen LogP contribution in [0.3, 0.4) is 0 Å². The monoisotopic (exact) mass is 759 g/mol. The fraction of sp³-hybridized carbons (Fsp3) is 0.425. The smallest absolute Gasteiger partial charge is 0.251 e. The molecule has 0 saturated carbocycles. The van der Waals surface area contributed by atoms with Crippen molar-refractivity contribution in [3.05, 3.63) is 95.6 Å². The van der Waals surface area contributed by atoms with Crippen LogP contribution in [0, 0.1) is 0 Å². The van der Waals surface area contributed by atoms with Gasteiger partial charge in [-0.15, -0.1) is 0 Å². The van der Waals surface area contributed by atoms with E-state index in [9.17, 15) is 14.7 Å². The van der Waals surface area contributed by atoms with E-state index in [1.54, 1.807) is 48.5 Å². The molecule has 1 heterocycles. The van der Waals surface area contributed by atoms with Crippen LogP contribution in [-0.4, -0.2) is 104 Å². The molecule has 0 aliphatic carbocycles. The molecule has 0 atom stereocenters. The van der Waals surface area contributed by atoms with E-state index in [0.29, 0.717) is 113 Å². The molecule has 0 radical (unpaired) electrons. The maximum Gasteiger partial charge on any atom is 0.251 e. The third kappa shape index (κ3) is 18.5. The van der Waals surface area contributed by atoms with Gasteiger partial charge < -0.3 is 51.6 Å². The van der Waals surface area contributed by atoms with Gasteiger partial charge in [0.05, 0.1) is 33.0 Å². The molecule has 0 aliphatic heterocycles. The maximum absolute atomic E-state index is 12.6. The number of nitrogens with two attached hydrogens (primary N) is 1. The Morgan fingerprint density at radius 1 is 0.600 bits per heavy atom. The molecule has 0 aliphatic rings. The Bertz CT molecular complexity index is 1630. The number of phenols is 1. The normalized spacial score (nSPS) is 10.5. The summed E-state index contributed by atoms with van der Waals surface area (Å²) in [6.45, 7) is 9.16. The largest absolute Gasteiger partial charge is 0.508 e. The highest BCUT2D eigenvalue weighted by Crippen LogP contribution is 2.17. The summed E-state index contributed by atoms with van der Waals surface area (Å²) in [4.78, 5) is 38.2. The molecule has 298 valence electrons. The number of carbonyl (C=O) groups excluding carboxylic acids is 2. The van der Waals surface area contributed by atoms with Crippen molar-refractivity contribution in [2.24, 2.45) is 5.73 Å². The number of hydrogen-bond acceptors (Lipinski definition) is 13. The van der Waals surface area contributed by atoms with E-state index in [2.05, 4.69) is 41.5 Å². The number of aromatic hydroxyl groups is 1. The molecule has 55 heavy (non-hydrogen) atoms. The average Bonchev–Trinajstić information content (AvgIpc) is 3.21. The number of unbranched alkanes of at least 4 members (excludes halogenated alkanes) is 2. The Morgan fingerprint density at radius 2 is 1.15 bits per heavy atom. The SMILES string of the molecule is CC.NCCCCCOCCNC(=O)c1ccc(Nc2nc(NCCOCCOCCNC(=O)c3ccccc3)nc(NCCc3ccc(O)cc3)n2)cc1. The molecule has 0 unspecified atom stereocenters. The van der Waals surface area contributed by atoms with Crippen molar-refractivity contribution in [3.8, 4) is 5.75 Å². The first-order chi connectivity index (χ1) is 27.0. The summed E-state index contributed by atoms with van der Waals surface area (Å²) in [5.74, 6) is 0.927. The van der Waals surface area contributed by atoms with Gasteiger partial charge in [0.2, 0.25) is 17.8 Å². The summed E-state index contributed by atoms with van der Waals surface area (Å²) < 4.78 is 16.8. The lowest BCUT2D eigenvalue weighted by Gasteiger charge is -2.12. The van der Waals surface area contributed by atoms with Gasteiger partial charge in [0.1, 0.15) is 5.75 Å². The predicted octanol–water partition coefficient (Wildman–Crippen LogP) is 4.75. The van der Waals surface area contributed by atoms with E-state index in [-0.39, 0.29) is 17.6 Å². The Balaban J connectivity index is 0.00000399. The first-order valence-electron chi connectivity index (χ1n) is 18.9. The van der Waals surface area contributed by atoms with Crippen LogP contribution in [0.2, 0.25) is 0 Å². The molecule has 4 rings (SSSR count). The molecular weight excluding hydrogens is 702 g/mol. The zero-order valence-electron chi connectivity index (χ0n) is 32.0. The molecule has 2 amide bonds. The number of rotatable bonds is 26. The Kier molecular flexibility index (Phi) is 21.8. The first kappa shape index (κ1) is 44.0. The summed E-state index contributed by atoms with van der Waals surface area (Å²) in [6.07, 6.45) is 3.68. The lowest BCUT2D eigenvalue weighted by Crippen LogP contribution is -2.27. The molecule has 0 bridgehead atoms. The number of nitrogens with zero attached hydrogens (tertiary/aromatic N) is 3. The summed E-state index contributed by atoms with van der Waals surface area (Å²) in [5, 5.41) is 24.9. The van der Waals surface area contributed by atoms with Crippen LogP contribution >= 0.6 is 0 Å². The fourth-order valence-corrected chi connectivity index (χ4v) is 4.86. The van der Waals surface area contributed by atoms with Gasteiger partial charge in [0.15, 0.2) is 0 Å². The number of nitrogens with one attached hydrogen (secondary N) is 5. The van der Waals surface area contributed by atoms with Gasteiger partial charge in [0, 0.05) is 49.6 Å². The Hall–Kier alpha value is -5.35. The molecule has 15 nitrogen and oxygen atoms in total. The molecule has 8 N–H and O–H groups in total. The molecule has 1 aromatic heterocycles. The van der Waals surface area contributed by atoms with Crippen LogP contribution in [-0.2, 0) is 20.6 Å². The molecule has 0 saturated heterocycles. The highest BCUT2D eigenvalue weighted by molar-refractivity contribution is 5.94. The van der Waals surface area contributed by atoms with Crippen molar-refractivity contribution in [3.63, 3.8) is 0 Å². The van der Waals surface area contributed by atoms with Crippen LogP contribution in [0.15, 0.2) is 78.9 Å². The van der Waals surface area contributed by atoms with Gasteiger partial charge in [-0.2, -0.15) is 15.0 Å². The Labute approximate surface area is 324 Å².